The molecule has 2 heteroatoms. The minimum Gasteiger partial charge on any atom is -0.459 e. The molecular weight excluding hydrogens is 164 g/mol. The van der Waals surface area contributed by atoms with E-state index in [2.05, 4.69) is 13.5 Å². The molecule has 0 aromatic carbocycles. The number of rotatable bonds is 2. The largest absolute Gasteiger partial charge is 0.459 e. The van der Waals surface area contributed by atoms with Crippen LogP contribution in [0.5, 0.6) is 0 Å². The van der Waals surface area contributed by atoms with E-state index in [9.17, 15) is 4.79 Å². The standard InChI is InChI=1S/C11H18O2/c1-8(2)11(12)13-10-6-4-9(3)5-7-10/h9-10H,1,4-7H2,2-3H3. The van der Waals surface area contributed by atoms with Gasteiger partial charge in [-0.2, -0.15) is 0 Å². The second-order valence-electron chi connectivity index (χ2n) is 4.07. The van der Waals surface area contributed by atoms with Crippen LogP contribution in [0.15, 0.2) is 12.2 Å². The summed E-state index contributed by atoms with van der Waals surface area (Å²) in [5.41, 5.74) is 0.499. The maximum absolute atomic E-state index is 11.2. The van der Waals surface area contributed by atoms with Gasteiger partial charge < -0.3 is 4.74 Å². The summed E-state index contributed by atoms with van der Waals surface area (Å²) in [4.78, 5) is 11.2. The van der Waals surface area contributed by atoms with Gasteiger partial charge in [0.15, 0.2) is 0 Å². The van der Waals surface area contributed by atoms with Crippen molar-refractivity contribution in [1.82, 2.24) is 0 Å². The van der Waals surface area contributed by atoms with E-state index < -0.39 is 0 Å². The molecule has 0 aromatic rings. The van der Waals surface area contributed by atoms with E-state index >= 15 is 0 Å². The van der Waals surface area contributed by atoms with E-state index in [1.54, 1.807) is 6.92 Å². The molecule has 13 heavy (non-hydrogen) atoms. The van der Waals surface area contributed by atoms with E-state index in [1.807, 2.05) is 0 Å². The fourth-order valence-corrected chi connectivity index (χ4v) is 1.60. The summed E-state index contributed by atoms with van der Waals surface area (Å²) in [6.07, 6.45) is 4.52. The zero-order chi connectivity index (χ0) is 9.84. The SMILES string of the molecule is C=C(C)C(=O)OC1CCC(C)CC1. The van der Waals surface area contributed by atoms with E-state index in [0.29, 0.717) is 5.57 Å². The molecule has 1 saturated carbocycles. The lowest BCUT2D eigenvalue weighted by Gasteiger charge is -2.25. The highest BCUT2D eigenvalue weighted by molar-refractivity contribution is 5.87. The highest BCUT2D eigenvalue weighted by atomic mass is 16.5. The van der Waals surface area contributed by atoms with E-state index in [-0.39, 0.29) is 12.1 Å². The van der Waals surface area contributed by atoms with Gasteiger partial charge in [-0.15, -0.1) is 0 Å². The van der Waals surface area contributed by atoms with Crippen molar-refractivity contribution in [3.8, 4) is 0 Å². The number of ether oxygens (including phenoxy) is 1. The van der Waals surface area contributed by atoms with Crippen LogP contribution in [0.3, 0.4) is 0 Å². The molecule has 0 saturated heterocycles. The Morgan fingerprint density at radius 3 is 2.31 bits per heavy atom. The topological polar surface area (TPSA) is 26.3 Å². The van der Waals surface area contributed by atoms with E-state index in [1.165, 1.54) is 12.8 Å². The number of hydrogen-bond donors (Lipinski definition) is 0. The smallest absolute Gasteiger partial charge is 0.333 e. The summed E-state index contributed by atoms with van der Waals surface area (Å²) in [7, 11) is 0. The van der Waals surface area contributed by atoms with Crippen LogP contribution in [-0.4, -0.2) is 12.1 Å². The fraction of sp³-hybridized carbons (Fsp3) is 0.727. The zero-order valence-electron chi connectivity index (χ0n) is 8.51. The second-order valence-corrected chi connectivity index (χ2v) is 4.07. The van der Waals surface area contributed by atoms with Crippen molar-refractivity contribution >= 4 is 5.97 Å². The summed E-state index contributed by atoms with van der Waals surface area (Å²) < 4.78 is 5.26. The van der Waals surface area contributed by atoms with Crippen LogP contribution in [0.25, 0.3) is 0 Å². The maximum Gasteiger partial charge on any atom is 0.333 e. The van der Waals surface area contributed by atoms with Crippen LogP contribution >= 0.6 is 0 Å². The Labute approximate surface area is 80.0 Å². The minimum absolute atomic E-state index is 0.139. The third-order valence-electron chi connectivity index (χ3n) is 2.59. The third-order valence-corrected chi connectivity index (χ3v) is 2.59. The highest BCUT2D eigenvalue weighted by Gasteiger charge is 2.21. The first-order chi connectivity index (χ1) is 6.09. The summed E-state index contributed by atoms with van der Waals surface area (Å²) >= 11 is 0. The van der Waals surface area contributed by atoms with Gasteiger partial charge in [-0.3, -0.25) is 0 Å². The lowest BCUT2D eigenvalue weighted by molar-refractivity contribution is -0.146. The summed E-state index contributed by atoms with van der Waals surface area (Å²) in [5.74, 6) is 0.555. The number of carbonyl (C=O) groups is 1. The molecule has 0 aromatic heterocycles. The predicted molar refractivity (Wildman–Crippen MR) is 52.3 cm³/mol. The first kappa shape index (κ1) is 10.3. The first-order valence-corrected chi connectivity index (χ1v) is 4.96. The van der Waals surface area contributed by atoms with Crippen LogP contribution in [-0.2, 0) is 9.53 Å². The maximum atomic E-state index is 11.2. The number of esters is 1. The molecule has 1 rings (SSSR count). The molecule has 0 unspecified atom stereocenters. The average Bonchev–Trinajstić information content (AvgIpc) is 2.08. The van der Waals surface area contributed by atoms with Gasteiger partial charge in [-0.1, -0.05) is 13.5 Å². The van der Waals surface area contributed by atoms with Crippen molar-refractivity contribution in [2.45, 2.75) is 45.6 Å². The average molecular weight is 182 g/mol. The third kappa shape index (κ3) is 3.21. The molecule has 0 aliphatic heterocycles. The Morgan fingerprint density at radius 2 is 1.85 bits per heavy atom. The van der Waals surface area contributed by atoms with Gasteiger partial charge in [-0.05, 0) is 38.5 Å². The zero-order valence-corrected chi connectivity index (χ0v) is 8.51. The van der Waals surface area contributed by atoms with Crippen molar-refractivity contribution in [3.05, 3.63) is 12.2 Å². The molecule has 1 aliphatic carbocycles. The van der Waals surface area contributed by atoms with Gasteiger partial charge in [-0.25, -0.2) is 4.79 Å². The normalized spacial score (nSPS) is 28.2. The van der Waals surface area contributed by atoms with Crippen LogP contribution in [0, 0.1) is 5.92 Å². The molecule has 0 amide bonds. The van der Waals surface area contributed by atoms with Crippen LogP contribution < -0.4 is 0 Å². The quantitative estimate of drug-likeness (QED) is 0.485. The summed E-state index contributed by atoms with van der Waals surface area (Å²) in [6.45, 7) is 7.50. The van der Waals surface area contributed by atoms with Crippen molar-refractivity contribution in [2.75, 3.05) is 0 Å². The lowest BCUT2D eigenvalue weighted by atomic mass is 9.89. The van der Waals surface area contributed by atoms with Gasteiger partial charge in [0.05, 0.1) is 0 Å². The highest BCUT2D eigenvalue weighted by Crippen LogP contribution is 2.25. The monoisotopic (exact) mass is 182 g/mol. The molecule has 0 spiro atoms. The van der Waals surface area contributed by atoms with Crippen LogP contribution in [0.2, 0.25) is 0 Å². The molecule has 74 valence electrons. The molecule has 2 nitrogen and oxygen atoms in total. The van der Waals surface area contributed by atoms with Gasteiger partial charge in [0, 0.05) is 5.57 Å². The van der Waals surface area contributed by atoms with Gasteiger partial charge >= 0.3 is 5.97 Å². The van der Waals surface area contributed by atoms with E-state index in [4.69, 9.17) is 4.74 Å². The molecule has 0 radical (unpaired) electrons. The van der Waals surface area contributed by atoms with Crippen LogP contribution in [0.4, 0.5) is 0 Å². The van der Waals surface area contributed by atoms with Crippen molar-refractivity contribution < 1.29 is 9.53 Å². The van der Waals surface area contributed by atoms with Crippen molar-refractivity contribution in [1.29, 1.82) is 0 Å². The summed E-state index contributed by atoms with van der Waals surface area (Å²) in [5, 5.41) is 0. The Bertz CT molecular complexity index is 200. The second kappa shape index (κ2) is 4.45. The molecule has 0 heterocycles. The number of hydrogen-bond acceptors (Lipinski definition) is 2. The van der Waals surface area contributed by atoms with Crippen LogP contribution in [0.1, 0.15) is 39.5 Å². The molecule has 0 N–H and O–H groups in total. The molecular formula is C11H18O2. The fourth-order valence-electron chi connectivity index (χ4n) is 1.60. The predicted octanol–water partition coefficient (Wildman–Crippen LogP) is 2.68. The first-order valence-electron chi connectivity index (χ1n) is 4.96. The lowest BCUT2D eigenvalue weighted by Crippen LogP contribution is -2.23. The van der Waals surface area contributed by atoms with Gasteiger partial charge in [0.2, 0.25) is 0 Å². The molecule has 0 atom stereocenters. The Hall–Kier alpha value is -0.790. The van der Waals surface area contributed by atoms with Crippen molar-refractivity contribution in [3.63, 3.8) is 0 Å². The Kier molecular flexibility index (Phi) is 3.52. The molecule has 0 bridgehead atoms. The minimum atomic E-state index is -0.237. The Morgan fingerprint density at radius 1 is 1.31 bits per heavy atom. The number of carbonyl (C=O) groups excluding carboxylic acids is 1. The summed E-state index contributed by atoms with van der Waals surface area (Å²) in [6, 6.07) is 0. The Balaban J connectivity index is 2.30. The van der Waals surface area contributed by atoms with E-state index in [0.717, 1.165) is 18.8 Å². The van der Waals surface area contributed by atoms with Gasteiger partial charge in [0.25, 0.3) is 0 Å². The molecule has 1 aliphatic rings. The molecule has 1 fully saturated rings. The van der Waals surface area contributed by atoms with Crippen molar-refractivity contribution in [2.24, 2.45) is 5.92 Å². The van der Waals surface area contributed by atoms with Gasteiger partial charge in [0.1, 0.15) is 6.10 Å².